The fourth-order valence-corrected chi connectivity index (χ4v) is 2.20. The molecule has 0 aliphatic carbocycles. The number of hydrogen-bond acceptors (Lipinski definition) is 2. The summed E-state index contributed by atoms with van der Waals surface area (Å²) in [5, 5.41) is 3.03. The summed E-state index contributed by atoms with van der Waals surface area (Å²) in [5.41, 5.74) is 8.56. The summed E-state index contributed by atoms with van der Waals surface area (Å²) in [4.78, 5) is 12.1. The molecule has 2 aromatic carbocycles. The van der Waals surface area contributed by atoms with Crippen LogP contribution in [0.15, 0.2) is 54.6 Å². The van der Waals surface area contributed by atoms with E-state index in [1.165, 1.54) is 5.56 Å². The minimum absolute atomic E-state index is 0.0286. The van der Waals surface area contributed by atoms with E-state index in [2.05, 4.69) is 17.4 Å². The summed E-state index contributed by atoms with van der Waals surface area (Å²) >= 11 is 0. The van der Waals surface area contributed by atoms with Crippen LogP contribution in [-0.4, -0.2) is 11.9 Å². The Morgan fingerprint density at radius 3 is 2.33 bits per heavy atom. The normalized spacial score (nSPS) is 11.9. The van der Waals surface area contributed by atoms with Gasteiger partial charge in [0.15, 0.2) is 0 Å². The smallest absolute Gasteiger partial charge is 0.251 e. The van der Waals surface area contributed by atoms with Crippen molar-refractivity contribution in [2.24, 2.45) is 5.73 Å². The van der Waals surface area contributed by atoms with E-state index in [1.54, 1.807) is 0 Å². The van der Waals surface area contributed by atoms with Gasteiger partial charge in [0.25, 0.3) is 5.91 Å². The van der Waals surface area contributed by atoms with Crippen LogP contribution in [0.4, 0.5) is 0 Å². The van der Waals surface area contributed by atoms with Gasteiger partial charge in [-0.15, -0.1) is 0 Å². The van der Waals surface area contributed by atoms with Crippen molar-refractivity contribution in [1.29, 1.82) is 0 Å². The molecule has 0 saturated heterocycles. The maximum Gasteiger partial charge on any atom is 0.251 e. The van der Waals surface area contributed by atoms with Crippen LogP contribution >= 0.6 is 0 Å². The molecule has 0 aliphatic heterocycles. The summed E-state index contributed by atoms with van der Waals surface area (Å²) in [7, 11) is 0. The molecule has 2 rings (SSSR count). The average Bonchev–Trinajstić information content (AvgIpc) is 2.54. The van der Waals surface area contributed by atoms with Crippen LogP contribution in [0.5, 0.6) is 0 Å². The maximum atomic E-state index is 12.1. The van der Waals surface area contributed by atoms with Gasteiger partial charge in [-0.25, -0.2) is 0 Å². The van der Waals surface area contributed by atoms with Crippen molar-refractivity contribution in [3.8, 4) is 0 Å². The highest BCUT2D eigenvalue weighted by molar-refractivity contribution is 5.94. The lowest BCUT2D eigenvalue weighted by atomic mass is 10.1. The van der Waals surface area contributed by atoms with E-state index in [0.717, 1.165) is 18.4 Å². The number of carbonyl (C=O) groups is 1. The molecule has 3 N–H and O–H groups in total. The molecule has 0 spiro atoms. The third-order valence-corrected chi connectivity index (χ3v) is 3.54. The summed E-state index contributed by atoms with van der Waals surface area (Å²) in [5.74, 6) is -0.0286. The van der Waals surface area contributed by atoms with Crippen molar-refractivity contribution in [1.82, 2.24) is 5.32 Å². The number of aryl methyl sites for hydroxylation is 1. The molecule has 0 bridgehead atoms. The van der Waals surface area contributed by atoms with Crippen molar-refractivity contribution in [3.05, 3.63) is 71.3 Å². The van der Waals surface area contributed by atoms with Crippen LogP contribution in [-0.2, 0) is 13.0 Å². The predicted octanol–water partition coefficient (Wildman–Crippen LogP) is 2.90. The van der Waals surface area contributed by atoms with Crippen LogP contribution in [0.3, 0.4) is 0 Å². The zero-order valence-electron chi connectivity index (χ0n) is 12.4. The fraction of sp³-hybridized carbons (Fsp3) is 0.278. The minimum Gasteiger partial charge on any atom is -0.350 e. The second kappa shape index (κ2) is 7.60. The Bertz CT molecular complexity index is 564. The number of benzene rings is 2. The molecule has 0 fully saturated rings. The Hall–Kier alpha value is -2.13. The average molecular weight is 282 g/mol. The summed E-state index contributed by atoms with van der Waals surface area (Å²) < 4.78 is 0. The van der Waals surface area contributed by atoms with Gasteiger partial charge in [-0.3, -0.25) is 4.79 Å². The lowest BCUT2D eigenvalue weighted by Crippen LogP contribution is -2.32. The molecule has 21 heavy (non-hydrogen) atoms. The molecule has 0 heterocycles. The lowest BCUT2D eigenvalue weighted by Gasteiger charge is -2.14. The van der Waals surface area contributed by atoms with Crippen molar-refractivity contribution in [3.63, 3.8) is 0 Å². The molecule has 0 radical (unpaired) electrons. The van der Waals surface area contributed by atoms with E-state index in [9.17, 15) is 4.79 Å². The van der Waals surface area contributed by atoms with Crippen LogP contribution in [0.1, 0.15) is 34.8 Å². The van der Waals surface area contributed by atoms with E-state index in [1.807, 2.05) is 49.4 Å². The monoisotopic (exact) mass is 282 g/mol. The number of hydrogen-bond donors (Lipinski definition) is 2. The van der Waals surface area contributed by atoms with Crippen LogP contribution in [0.25, 0.3) is 0 Å². The number of nitrogens with one attached hydrogen (secondary N) is 1. The largest absolute Gasteiger partial charge is 0.350 e. The van der Waals surface area contributed by atoms with Gasteiger partial charge in [-0.1, -0.05) is 42.5 Å². The third-order valence-electron chi connectivity index (χ3n) is 3.54. The molecule has 3 heteroatoms. The van der Waals surface area contributed by atoms with Gasteiger partial charge < -0.3 is 11.1 Å². The first kappa shape index (κ1) is 15.3. The minimum atomic E-state index is -0.0286. The fourth-order valence-electron chi connectivity index (χ4n) is 2.20. The van der Waals surface area contributed by atoms with Gasteiger partial charge in [-0.2, -0.15) is 0 Å². The molecule has 0 aliphatic rings. The maximum absolute atomic E-state index is 12.1. The zero-order chi connectivity index (χ0) is 15.1. The highest BCUT2D eigenvalue weighted by Gasteiger charge is 2.09. The Labute approximate surface area is 126 Å². The molecular weight excluding hydrogens is 260 g/mol. The quantitative estimate of drug-likeness (QED) is 0.856. The highest BCUT2D eigenvalue weighted by Crippen LogP contribution is 2.07. The predicted molar refractivity (Wildman–Crippen MR) is 86.0 cm³/mol. The standard InChI is InChI=1S/C18H22N2O/c1-14(7-8-15-5-3-2-4-6-15)20-18(21)17-11-9-16(13-19)10-12-17/h2-6,9-12,14H,7-8,13,19H2,1H3,(H,20,21). The van der Waals surface area contributed by atoms with Crippen LogP contribution in [0.2, 0.25) is 0 Å². The van der Waals surface area contributed by atoms with Crippen LogP contribution in [0, 0.1) is 0 Å². The van der Waals surface area contributed by atoms with E-state index in [-0.39, 0.29) is 11.9 Å². The SMILES string of the molecule is CC(CCc1ccccc1)NC(=O)c1ccc(CN)cc1. The van der Waals surface area contributed by atoms with E-state index in [0.29, 0.717) is 12.1 Å². The Morgan fingerprint density at radius 1 is 1.05 bits per heavy atom. The van der Waals surface area contributed by atoms with Gasteiger partial charge in [0.1, 0.15) is 0 Å². The van der Waals surface area contributed by atoms with Gasteiger partial charge in [0, 0.05) is 18.2 Å². The van der Waals surface area contributed by atoms with Crippen LogP contribution < -0.4 is 11.1 Å². The molecule has 3 nitrogen and oxygen atoms in total. The summed E-state index contributed by atoms with van der Waals surface area (Å²) in [6, 6.07) is 17.9. The molecule has 2 aromatic rings. The summed E-state index contributed by atoms with van der Waals surface area (Å²) in [6.45, 7) is 2.53. The Morgan fingerprint density at radius 2 is 1.71 bits per heavy atom. The molecule has 1 atom stereocenters. The highest BCUT2D eigenvalue weighted by atomic mass is 16.1. The first-order valence-corrected chi connectivity index (χ1v) is 7.33. The van der Waals surface area contributed by atoms with Crippen molar-refractivity contribution in [2.45, 2.75) is 32.4 Å². The second-order valence-corrected chi connectivity index (χ2v) is 5.30. The second-order valence-electron chi connectivity index (χ2n) is 5.30. The Balaban J connectivity index is 1.83. The third kappa shape index (κ3) is 4.72. The van der Waals surface area contributed by atoms with E-state index < -0.39 is 0 Å². The van der Waals surface area contributed by atoms with Gasteiger partial charge in [-0.05, 0) is 43.0 Å². The zero-order valence-corrected chi connectivity index (χ0v) is 12.4. The number of amides is 1. The van der Waals surface area contributed by atoms with Gasteiger partial charge in [0.2, 0.25) is 0 Å². The molecule has 0 saturated carbocycles. The van der Waals surface area contributed by atoms with Gasteiger partial charge in [0.05, 0.1) is 0 Å². The number of carbonyl (C=O) groups excluding carboxylic acids is 1. The first-order valence-electron chi connectivity index (χ1n) is 7.33. The first-order chi connectivity index (χ1) is 10.2. The number of nitrogens with two attached hydrogens (primary N) is 1. The molecule has 1 amide bonds. The summed E-state index contributed by atoms with van der Waals surface area (Å²) in [6.07, 6.45) is 1.89. The van der Waals surface area contributed by atoms with Crippen molar-refractivity contribution >= 4 is 5.91 Å². The van der Waals surface area contributed by atoms with E-state index >= 15 is 0 Å². The van der Waals surface area contributed by atoms with Crippen molar-refractivity contribution in [2.75, 3.05) is 0 Å². The topological polar surface area (TPSA) is 55.1 Å². The molecular formula is C18H22N2O. The molecule has 1 unspecified atom stereocenters. The van der Waals surface area contributed by atoms with Crippen molar-refractivity contribution < 1.29 is 4.79 Å². The van der Waals surface area contributed by atoms with E-state index in [4.69, 9.17) is 5.73 Å². The molecule has 110 valence electrons. The Kier molecular flexibility index (Phi) is 5.52. The van der Waals surface area contributed by atoms with Gasteiger partial charge >= 0.3 is 0 Å². The molecule has 0 aromatic heterocycles. The number of rotatable bonds is 6. The lowest BCUT2D eigenvalue weighted by molar-refractivity contribution is 0.0938.